The Morgan fingerprint density at radius 1 is 0.900 bits per heavy atom. The molecule has 1 N–H and O–H groups in total. The smallest absolute Gasteiger partial charge is 0.119 e. The van der Waals surface area contributed by atoms with E-state index in [-0.39, 0.29) is 0 Å². The number of nitrogens with one attached hydrogen (secondary N) is 1. The first-order chi connectivity index (χ1) is 14.6. The zero-order valence-electron chi connectivity index (χ0n) is 18.0. The van der Waals surface area contributed by atoms with Gasteiger partial charge in [-0.05, 0) is 73.1 Å². The van der Waals surface area contributed by atoms with E-state index in [0.29, 0.717) is 24.5 Å². The SMILES string of the molecule is Cc1ccc(COc2ccc([C@@H]3Nc4c(ccc(C)c4C)[C@@H]4C=CC[C@@H]43)cc2)cc1. The number of hydrogen-bond acceptors (Lipinski definition) is 2. The second kappa shape index (κ2) is 7.68. The standard InChI is InChI=1S/C28H29NO/c1-18-7-10-21(11-8-18)17-30-23-14-12-22(13-15-23)28-25-6-4-5-24(25)26-16-9-19(2)20(3)27(26)29-28/h4-5,7-16,24-25,28-29H,6,17H2,1-3H3/t24-,25+,28+/m1/s1. The van der Waals surface area contributed by atoms with E-state index >= 15 is 0 Å². The summed E-state index contributed by atoms with van der Waals surface area (Å²) < 4.78 is 6.02. The van der Waals surface area contributed by atoms with E-state index < -0.39 is 0 Å². The third-order valence-corrected chi connectivity index (χ3v) is 6.83. The maximum absolute atomic E-state index is 6.02. The number of rotatable bonds is 4. The lowest BCUT2D eigenvalue weighted by Crippen LogP contribution is -2.29. The molecule has 0 saturated carbocycles. The molecule has 0 bridgehead atoms. The van der Waals surface area contributed by atoms with Crippen LogP contribution in [0, 0.1) is 26.7 Å². The highest BCUT2D eigenvalue weighted by molar-refractivity contribution is 5.65. The van der Waals surface area contributed by atoms with Gasteiger partial charge >= 0.3 is 0 Å². The summed E-state index contributed by atoms with van der Waals surface area (Å²) in [6, 6.07) is 22.1. The Morgan fingerprint density at radius 2 is 1.67 bits per heavy atom. The van der Waals surface area contributed by atoms with Crippen molar-refractivity contribution in [3.8, 4) is 5.75 Å². The molecule has 0 spiro atoms. The lowest BCUT2D eigenvalue weighted by molar-refractivity contribution is 0.306. The van der Waals surface area contributed by atoms with Gasteiger partial charge in [0.1, 0.15) is 12.4 Å². The fraction of sp³-hybridized carbons (Fsp3) is 0.286. The quantitative estimate of drug-likeness (QED) is 0.479. The number of anilines is 1. The molecule has 2 nitrogen and oxygen atoms in total. The van der Waals surface area contributed by atoms with Gasteiger partial charge in [-0.1, -0.05) is 66.2 Å². The predicted octanol–water partition coefficient (Wildman–Crippen LogP) is 7.02. The lowest BCUT2D eigenvalue weighted by atomic mass is 9.76. The molecule has 0 aromatic heterocycles. The van der Waals surface area contributed by atoms with Crippen molar-refractivity contribution in [3.63, 3.8) is 0 Å². The number of aryl methyl sites for hydroxylation is 2. The second-order valence-electron chi connectivity index (χ2n) is 8.79. The van der Waals surface area contributed by atoms with Gasteiger partial charge < -0.3 is 10.1 Å². The average molecular weight is 396 g/mol. The van der Waals surface area contributed by atoms with Gasteiger partial charge in [-0.25, -0.2) is 0 Å². The van der Waals surface area contributed by atoms with Crippen LogP contribution in [-0.2, 0) is 6.61 Å². The maximum Gasteiger partial charge on any atom is 0.119 e. The van der Waals surface area contributed by atoms with Crippen molar-refractivity contribution >= 4 is 5.69 Å². The zero-order valence-corrected chi connectivity index (χ0v) is 18.0. The summed E-state index contributed by atoms with van der Waals surface area (Å²) in [5, 5.41) is 3.90. The minimum Gasteiger partial charge on any atom is -0.489 e. The van der Waals surface area contributed by atoms with Gasteiger partial charge in [-0.15, -0.1) is 0 Å². The van der Waals surface area contributed by atoms with Gasteiger partial charge in [0.05, 0.1) is 6.04 Å². The minimum absolute atomic E-state index is 0.323. The van der Waals surface area contributed by atoms with E-state index in [2.05, 4.69) is 98.9 Å². The van der Waals surface area contributed by atoms with E-state index in [1.54, 1.807) is 0 Å². The lowest BCUT2D eigenvalue weighted by Gasteiger charge is -2.38. The number of fused-ring (bicyclic) bond motifs is 3. The molecule has 1 aliphatic carbocycles. The predicted molar refractivity (Wildman–Crippen MR) is 124 cm³/mol. The van der Waals surface area contributed by atoms with Crippen LogP contribution in [0.5, 0.6) is 5.75 Å². The van der Waals surface area contributed by atoms with Gasteiger partial charge in [0, 0.05) is 11.6 Å². The number of allylic oxidation sites excluding steroid dienone is 2. The highest BCUT2D eigenvalue weighted by Crippen LogP contribution is 2.51. The summed E-state index contributed by atoms with van der Waals surface area (Å²) in [5.41, 5.74) is 9.30. The summed E-state index contributed by atoms with van der Waals surface area (Å²) in [5.74, 6) is 1.99. The van der Waals surface area contributed by atoms with E-state index in [0.717, 1.165) is 12.2 Å². The van der Waals surface area contributed by atoms with Crippen molar-refractivity contribution in [2.24, 2.45) is 5.92 Å². The monoisotopic (exact) mass is 395 g/mol. The Balaban J connectivity index is 1.36. The van der Waals surface area contributed by atoms with Crippen LogP contribution in [0.2, 0.25) is 0 Å². The van der Waals surface area contributed by atoms with Gasteiger partial charge in [0.25, 0.3) is 0 Å². The number of ether oxygens (including phenoxy) is 1. The molecule has 0 radical (unpaired) electrons. The van der Waals surface area contributed by atoms with Gasteiger partial charge in [0.2, 0.25) is 0 Å². The summed E-state index contributed by atoms with van der Waals surface area (Å²) in [6.07, 6.45) is 5.89. The second-order valence-corrected chi connectivity index (χ2v) is 8.79. The average Bonchev–Trinajstić information content (AvgIpc) is 3.26. The molecule has 3 atom stereocenters. The summed E-state index contributed by atoms with van der Waals surface area (Å²) >= 11 is 0. The third kappa shape index (κ3) is 3.41. The molecule has 0 saturated heterocycles. The van der Waals surface area contributed by atoms with Crippen molar-refractivity contribution in [3.05, 3.63) is 106 Å². The van der Waals surface area contributed by atoms with Gasteiger partial charge in [-0.3, -0.25) is 0 Å². The summed E-state index contributed by atoms with van der Waals surface area (Å²) in [7, 11) is 0. The molecule has 0 fully saturated rings. The first kappa shape index (κ1) is 19.0. The molecule has 1 heterocycles. The van der Waals surface area contributed by atoms with Gasteiger partial charge in [-0.2, -0.15) is 0 Å². The Bertz CT molecular complexity index is 1080. The van der Waals surface area contributed by atoms with Crippen molar-refractivity contribution in [2.45, 2.75) is 45.8 Å². The molecule has 30 heavy (non-hydrogen) atoms. The largest absolute Gasteiger partial charge is 0.489 e. The van der Waals surface area contributed by atoms with Crippen LogP contribution in [-0.4, -0.2) is 0 Å². The van der Waals surface area contributed by atoms with E-state index in [9.17, 15) is 0 Å². The van der Waals surface area contributed by atoms with E-state index in [1.807, 2.05) is 0 Å². The Morgan fingerprint density at radius 3 is 2.43 bits per heavy atom. The van der Waals surface area contributed by atoms with Crippen LogP contribution < -0.4 is 10.1 Å². The van der Waals surface area contributed by atoms with Gasteiger partial charge in [0.15, 0.2) is 0 Å². The van der Waals surface area contributed by atoms with Crippen molar-refractivity contribution in [2.75, 3.05) is 5.32 Å². The highest BCUT2D eigenvalue weighted by Gasteiger charge is 2.38. The fourth-order valence-electron chi connectivity index (χ4n) is 4.87. The zero-order chi connectivity index (χ0) is 20.7. The Labute approximate surface area is 179 Å². The number of benzene rings is 3. The molecule has 2 heteroatoms. The van der Waals surface area contributed by atoms with Crippen LogP contribution in [0.1, 0.15) is 51.8 Å². The molecule has 152 valence electrons. The fourth-order valence-corrected chi connectivity index (χ4v) is 4.87. The van der Waals surface area contributed by atoms with Crippen LogP contribution in [0.4, 0.5) is 5.69 Å². The van der Waals surface area contributed by atoms with Crippen molar-refractivity contribution in [1.82, 2.24) is 0 Å². The molecular weight excluding hydrogens is 366 g/mol. The third-order valence-electron chi connectivity index (χ3n) is 6.83. The topological polar surface area (TPSA) is 21.3 Å². The molecular formula is C28H29NO. The molecule has 1 aliphatic heterocycles. The molecule has 0 amide bonds. The first-order valence-electron chi connectivity index (χ1n) is 10.9. The van der Waals surface area contributed by atoms with Crippen LogP contribution >= 0.6 is 0 Å². The molecule has 0 unspecified atom stereocenters. The minimum atomic E-state index is 0.323. The molecule has 2 aliphatic rings. The molecule has 3 aromatic rings. The van der Waals surface area contributed by atoms with Crippen LogP contribution in [0.25, 0.3) is 0 Å². The van der Waals surface area contributed by atoms with Crippen molar-refractivity contribution < 1.29 is 4.74 Å². The summed E-state index contributed by atoms with van der Waals surface area (Å²) in [6.45, 7) is 7.14. The van der Waals surface area contributed by atoms with Crippen LogP contribution in [0.15, 0.2) is 72.8 Å². The molecule has 5 rings (SSSR count). The van der Waals surface area contributed by atoms with Crippen LogP contribution in [0.3, 0.4) is 0 Å². The Hall–Kier alpha value is -3.00. The summed E-state index contributed by atoms with van der Waals surface area (Å²) in [4.78, 5) is 0. The van der Waals surface area contributed by atoms with Crippen molar-refractivity contribution in [1.29, 1.82) is 0 Å². The first-order valence-corrected chi connectivity index (χ1v) is 10.9. The normalized spacial score (nSPS) is 21.6. The van der Waals surface area contributed by atoms with E-state index in [4.69, 9.17) is 4.74 Å². The highest BCUT2D eigenvalue weighted by atomic mass is 16.5. The number of hydrogen-bond donors (Lipinski definition) is 1. The maximum atomic E-state index is 6.02. The molecule has 3 aromatic carbocycles. The van der Waals surface area contributed by atoms with E-state index in [1.165, 1.54) is 39.1 Å². The Kier molecular flexibility index (Phi) is 4.86.